The summed E-state index contributed by atoms with van der Waals surface area (Å²) in [6.07, 6.45) is -4.56. The Bertz CT molecular complexity index is 225. The van der Waals surface area contributed by atoms with Gasteiger partial charge in [-0.05, 0) is 6.92 Å². The van der Waals surface area contributed by atoms with Gasteiger partial charge in [-0.1, -0.05) is 0 Å². The number of alkyl halides is 3. The molecule has 0 amide bonds. The molecule has 1 rings (SSSR count). The van der Waals surface area contributed by atoms with Crippen LogP contribution in [0.15, 0.2) is 0 Å². The van der Waals surface area contributed by atoms with Crippen LogP contribution in [0.25, 0.3) is 0 Å². The average Bonchev–Trinajstić information content (AvgIpc) is 2.22. The maximum atomic E-state index is 11.8. The first-order valence-corrected chi connectivity index (χ1v) is 5.54. The number of aliphatic hydroxyl groups excluding tert-OH is 1. The normalized spacial score (nSPS) is 27.4. The Balaban J connectivity index is 2.18. The first-order valence-electron chi connectivity index (χ1n) is 5.54. The highest BCUT2D eigenvalue weighted by molar-refractivity contribution is 4.74. The lowest BCUT2D eigenvalue weighted by molar-refractivity contribution is -0.176. The van der Waals surface area contributed by atoms with Crippen molar-refractivity contribution < 1.29 is 27.8 Å². The highest BCUT2D eigenvalue weighted by Gasteiger charge is 2.28. The van der Waals surface area contributed by atoms with Gasteiger partial charge in [0.2, 0.25) is 0 Å². The molecule has 102 valence electrons. The molecule has 1 N–H and O–H groups in total. The summed E-state index contributed by atoms with van der Waals surface area (Å²) in [6.45, 7) is 2.19. The lowest BCUT2D eigenvalue weighted by atomic mass is 10.2. The molecule has 0 aromatic carbocycles. The van der Waals surface area contributed by atoms with Crippen molar-refractivity contribution in [2.24, 2.45) is 0 Å². The number of morpholine rings is 1. The Morgan fingerprint density at radius 3 is 2.71 bits per heavy atom. The van der Waals surface area contributed by atoms with Crippen molar-refractivity contribution in [3.05, 3.63) is 0 Å². The van der Waals surface area contributed by atoms with Gasteiger partial charge in [0, 0.05) is 19.6 Å². The van der Waals surface area contributed by atoms with Crippen molar-refractivity contribution >= 4 is 0 Å². The summed E-state index contributed by atoms with van der Waals surface area (Å²) in [5, 5.41) is 8.97. The fourth-order valence-corrected chi connectivity index (χ4v) is 1.81. The van der Waals surface area contributed by atoms with Crippen molar-refractivity contribution in [1.29, 1.82) is 0 Å². The van der Waals surface area contributed by atoms with Gasteiger partial charge in [-0.3, -0.25) is 4.90 Å². The minimum atomic E-state index is -4.27. The summed E-state index contributed by atoms with van der Waals surface area (Å²) in [4.78, 5) is 1.94. The van der Waals surface area contributed by atoms with Crippen molar-refractivity contribution in [3.8, 4) is 0 Å². The first-order chi connectivity index (χ1) is 7.90. The molecule has 7 heteroatoms. The Morgan fingerprint density at radius 1 is 1.41 bits per heavy atom. The molecule has 1 heterocycles. The average molecular weight is 257 g/mol. The molecule has 1 aliphatic heterocycles. The van der Waals surface area contributed by atoms with Crippen LogP contribution in [0.5, 0.6) is 0 Å². The molecule has 0 saturated carbocycles. The van der Waals surface area contributed by atoms with E-state index in [0.717, 1.165) is 0 Å². The molecule has 2 unspecified atom stereocenters. The van der Waals surface area contributed by atoms with Crippen LogP contribution in [0, 0.1) is 0 Å². The second kappa shape index (κ2) is 6.53. The molecule has 4 nitrogen and oxygen atoms in total. The van der Waals surface area contributed by atoms with E-state index in [1.54, 1.807) is 0 Å². The second-order valence-electron chi connectivity index (χ2n) is 4.18. The fourth-order valence-electron chi connectivity index (χ4n) is 1.81. The highest BCUT2D eigenvalue weighted by Crippen LogP contribution is 2.14. The van der Waals surface area contributed by atoms with Gasteiger partial charge in [-0.15, -0.1) is 0 Å². The van der Waals surface area contributed by atoms with Gasteiger partial charge >= 0.3 is 6.18 Å². The van der Waals surface area contributed by atoms with Crippen molar-refractivity contribution in [2.75, 3.05) is 39.5 Å². The molecule has 0 aromatic heterocycles. The maximum Gasteiger partial charge on any atom is 0.411 e. The molecular formula is C10H18F3NO3. The molecule has 1 fully saturated rings. The third-order valence-corrected chi connectivity index (χ3v) is 2.42. The lowest BCUT2D eigenvalue weighted by Crippen LogP contribution is -2.48. The monoisotopic (exact) mass is 257 g/mol. The molecule has 0 aromatic rings. The topological polar surface area (TPSA) is 41.9 Å². The van der Waals surface area contributed by atoms with Gasteiger partial charge in [0.05, 0.1) is 25.4 Å². The zero-order valence-electron chi connectivity index (χ0n) is 9.74. The van der Waals surface area contributed by atoms with Gasteiger partial charge in [0.15, 0.2) is 0 Å². The minimum Gasteiger partial charge on any atom is -0.394 e. The van der Waals surface area contributed by atoms with E-state index in [2.05, 4.69) is 4.74 Å². The van der Waals surface area contributed by atoms with Crippen LogP contribution in [-0.2, 0) is 9.47 Å². The zero-order chi connectivity index (χ0) is 12.9. The molecule has 2 atom stereocenters. The van der Waals surface area contributed by atoms with Gasteiger partial charge in [0.1, 0.15) is 6.61 Å². The van der Waals surface area contributed by atoms with Crippen LogP contribution in [0.4, 0.5) is 13.2 Å². The van der Waals surface area contributed by atoms with Crippen molar-refractivity contribution in [1.82, 2.24) is 4.90 Å². The van der Waals surface area contributed by atoms with E-state index in [1.165, 1.54) is 0 Å². The summed E-state index contributed by atoms with van der Waals surface area (Å²) >= 11 is 0. The summed E-state index contributed by atoms with van der Waals surface area (Å²) < 4.78 is 45.4. The second-order valence-corrected chi connectivity index (χ2v) is 4.18. The molecule has 1 saturated heterocycles. The lowest BCUT2D eigenvalue weighted by Gasteiger charge is -2.35. The Labute approximate surface area is 98.3 Å². The fraction of sp³-hybridized carbons (Fsp3) is 1.00. The third kappa shape index (κ3) is 6.21. The Morgan fingerprint density at radius 2 is 2.12 bits per heavy atom. The molecule has 0 radical (unpaired) electrons. The van der Waals surface area contributed by atoms with E-state index in [0.29, 0.717) is 19.6 Å². The van der Waals surface area contributed by atoms with Gasteiger partial charge in [0.25, 0.3) is 0 Å². The van der Waals surface area contributed by atoms with Crippen molar-refractivity contribution in [3.63, 3.8) is 0 Å². The smallest absolute Gasteiger partial charge is 0.394 e. The van der Waals surface area contributed by atoms with Crippen molar-refractivity contribution in [2.45, 2.75) is 25.3 Å². The predicted octanol–water partition coefficient (Wildman–Crippen LogP) is 0.647. The van der Waals surface area contributed by atoms with Crippen LogP contribution in [0.1, 0.15) is 6.92 Å². The summed E-state index contributed by atoms with van der Waals surface area (Å²) in [7, 11) is 0. The van der Waals surface area contributed by atoms with Crippen LogP contribution in [0.3, 0.4) is 0 Å². The molecular weight excluding hydrogens is 239 g/mol. The molecule has 0 spiro atoms. The van der Waals surface area contributed by atoms with Gasteiger partial charge in [-0.2, -0.15) is 13.2 Å². The maximum absolute atomic E-state index is 11.8. The number of halogens is 3. The predicted molar refractivity (Wildman–Crippen MR) is 54.7 cm³/mol. The first kappa shape index (κ1) is 14.7. The number of nitrogens with zero attached hydrogens (tertiary/aromatic N) is 1. The van der Waals surface area contributed by atoms with E-state index in [4.69, 9.17) is 9.84 Å². The molecule has 17 heavy (non-hydrogen) atoms. The van der Waals surface area contributed by atoms with Crippen LogP contribution < -0.4 is 0 Å². The van der Waals surface area contributed by atoms with Crippen LogP contribution >= 0.6 is 0 Å². The van der Waals surface area contributed by atoms with Gasteiger partial charge in [-0.25, -0.2) is 0 Å². The highest BCUT2D eigenvalue weighted by atomic mass is 19.4. The van der Waals surface area contributed by atoms with E-state index < -0.39 is 12.8 Å². The number of rotatable bonds is 5. The number of aliphatic hydroxyl groups is 1. The van der Waals surface area contributed by atoms with E-state index >= 15 is 0 Å². The zero-order valence-corrected chi connectivity index (χ0v) is 9.74. The number of hydrogen-bond acceptors (Lipinski definition) is 4. The summed E-state index contributed by atoms with van der Waals surface area (Å²) in [5.41, 5.74) is 0. The summed E-state index contributed by atoms with van der Waals surface area (Å²) in [6, 6.07) is 0. The van der Waals surface area contributed by atoms with Crippen LogP contribution in [-0.4, -0.2) is 67.8 Å². The largest absolute Gasteiger partial charge is 0.411 e. The van der Waals surface area contributed by atoms with E-state index in [9.17, 15) is 13.2 Å². The summed E-state index contributed by atoms with van der Waals surface area (Å²) in [5.74, 6) is 0. The minimum absolute atomic E-state index is 0.0245. The van der Waals surface area contributed by atoms with E-state index in [1.807, 2.05) is 11.8 Å². The Kier molecular flexibility index (Phi) is 5.64. The van der Waals surface area contributed by atoms with Crippen LogP contribution in [0.2, 0.25) is 0 Å². The SMILES string of the molecule is CC1CN(CCOCC(F)(F)F)CC(CO)O1. The van der Waals surface area contributed by atoms with E-state index in [-0.39, 0.29) is 25.4 Å². The van der Waals surface area contributed by atoms with Gasteiger partial charge < -0.3 is 14.6 Å². The molecule has 0 aliphatic carbocycles. The number of ether oxygens (including phenoxy) is 2. The quantitative estimate of drug-likeness (QED) is 0.734. The Hall–Kier alpha value is -0.370. The molecule has 1 aliphatic rings. The molecule has 0 bridgehead atoms. The number of hydrogen-bond donors (Lipinski definition) is 1. The third-order valence-electron chi connectivity index (χ3n) is 2.42. The standard InChI is InChI=1S/C10H18F3NO3/c1-8-4-14(5-9(6-15)17-8)2-3-16-7-10(11,12)13/h8-9,15H,2-7H2,1H3.